The molecule has 0 saturated carbocycles. The van der Waals surface area contributed by atoms with Crippen LogP contribution < -0.4 is 15.6 Å². The molecule has 6 nitrogen and oxygen atoms in total. The third-order valence-corrected chi connectivity index (χ3v) is 3.91. The number of carbonyl (C=O) groups excluding carboxylic acids is 1. The lowest BCUT2D eigenvalue weighted by atomic mass is 10.1. The van der Waals surface area contributed by atoms with Gasteiger partial charge in [0.15, 0.2) is 0 Å². The Hall–Kier alpha value is -3.41. The third-order valence-electron chi connectivity index (χ3n) is 3.91. The van der Waals surface area contributed by atoms with Crippen LogP contribution in [-0.4, -0.2) is 18.7 Å². The van der Waals surface area contributed by atoms with Gasteiger partial charge in [0, 0.05) is 5.56 Å². The van der Waals surface area contributed by atoms with Gasteiger partial charge in [-0.25, -0.2) is 5.43 Å². The van der Waals surface area contributed by atoms with Crippen molar-refractivity contribution in [2.45, 2.75) is 20.3 Å². The fourth-order valence-corrected chi connectivity index (χ4v) is 2.50. The summed E-state index contributed by atoms with van der Waals surface area (Å²) in [7, 11) is 0. The maximum atomic E-state index is 12.5. The Balaban J connectivity index is 1.70. The predicted octanol–water partition coefficient (Wildman–Crippen LogP) is 3.65. The van der Waals surface area contributed by atoms with E-state index in [4.69, 9.17) is 9.15 Å². The molecule has 0 unspecified atom stereocenters. The zero-order valence-electron chi connectivity index (χ0n) is 15.2. The van der Waals surface area contributed by atoms with E-state index in [-0.39, 0.29) is 16.9 Å². The first-order valence-electron chi connectivity index (χ1n) is 8.67. The van der Waals surface area contributed by atoms with Gasteiger partial charge in [-0.3, -0.25) is 9.59 Å². The molecule has 0 spiro atoms. The van der Waals surface area contributed by atoms with E-state index >= 15 is 0 Å². The highest BCUT2D eigenvalue weighted by Crippen LogP contribution is 2.13. The van der Waals surface area contributed by atoms with Gasteiger partial charge in [0.1, 0.15) is 17.6 Å². The number of hydrazone groups is 1. The van der Waals surface area contributed by atoms with Crippen LogP contribution in [0.1, 0.15) is 34.8 Å². The van der Waals surface area contributed by atoms with Gasteiger partial charge in [-0.05, 0) is 49.7 Å². The molecule has 0 atom stereocenters. The lowest BCUT2D eigenvalue weighted by Crippen LogP contribution is -2.18. The Bertz CT molecular complexity index is 1040. The van der Waals surface area contributed by atoms with Crippen molar-refractivity contribution >= 4 is 23.1 Å². The average molecular weight is 364 g/mol. The van der Waals surface area contributed by atoms with Crippen molar-refractivity contribution in [2.75, 3.05) is 6.61 Å². The van der Waals surface area contributed by atoms with E-state index < -0.39 is 0 Å². The van der Waals surface area contributed by atoms with Crippen LogP contribution in [-0.2, 0) is 0 Å². The van der Waals surface area contributed by atoms with E-state index in [9.17, 15) is 9.59 Å². The number of benzene rings is 2. The molecule has 1 heterocycles. The Morgan fingerprint density at radius 1 is 1.22 bits per heavy atom. The lowest BCUT2D eigenvalue weighted by molar-refractivity contribution is 0.0955. The van der Waals surface area contributed by atoms with Gasteiger partial charge >= 0.3 is 0 Å². The summed E-state index contributed by atoms with van der Waals surface area (Å²) >= 11 is 0. The van der Waals surface area contributed by atoms with Crippen molar-refractivity contribution in [3.8, 4) is 5.75 Å². The molecule has 2 aromatic carbocycles. The maximum absolute atomic E-state index is 12.5. The number of rotatable bonds is 6. The van der Waals surface area contributed by atoms with E-state index in [1.165, 1.54) is 12.5 Å². The molecule has 1 amide bonds. The van der Waals surface area contributed by atoms with Gasteiger partial charge in [-0.2, -0.15) is 5.10 Å². The van der Waals surface area contributed by atoms with Crippen molar-refractivity contribution in [1.82, 2.24) is 5.43 Å². The van der Waals surface area contributed by atoms with Crippen LogP contribution in [0.3, 0.4) is 0 Å². The zero-order valence-corrected chi connectivity index (χ0v) is 15.2. The quantitative estimate of drug-likeness (QED) is 0.535. The van der Waals surface area contributed by atoms with Crippen LogP contribution in [0, 0.1) is 6.92 Å². The molecule has 1 aromatic heterocycles. The van der Waals surface area contributed by atoms with Crippen LogP contribution in [0.15, 0.2) is 63.0 Å². The van der Waals surface area contributed by atoms with Crippen LogP contribution >= 0.6 is 0 Å². The topological polar surface area (TPSA) is 80.9 Å². The monoisotopic (exact) mass is 364 g/mol. The molecular weight excluding hydrogens is 344 g/mol. The summed E-state index contributed by atoms with van der Waals surface area (Å²) < 4.78 is 10.9. The minimum atomic E-state index is -0.380. The SMILES string of the molecule is CCCOc1ccc(C(=O)N/N=C\c2coc3ccc(C)cc3c2=O)cc1. The molecule has 0 aliphatic heterocycles. The first kappa shape index (κ1) is 18.4. The van der Waals surface area contributed by atoms with Crippen molar-refractivity contribution in [1.29, 1.82) is 0 Å². The van der Waals surface area contributed by atoms with E-state index in [0.29, 0.717) is 28.9 Å². The fraction of sp³-hybridized carbons (Fsp3) is 0.190. The average Bonchev–Trinajstić information content (AvgIpc) is 2.69. The summed E-state index contributed by atoms with van der Waals surface area (Å²) in [5.74, 6) is 0.329. The molecule has 3 aromatic rings. The van der Waals surface area contributed by atoms with Crippen molar-refractivity contribution < 1.29 is 13.9 Å². The highest BCUT2D eigenvalue weighted by Gasteiger charge is 2.07. The number of hydrogen-bond donors (Lipinski definition) is 1. The van der Waals surface area contributed by atoms with Crippen molar-refractivity contribution in [3.63, 3.8) is 0 Å². The summed E-state index contributed by atoms with van der Waals surface area (Å²) in [5.41, 5.74) is 4.38. The Morgan fingerprint density at radius 2 is 2.00 bits per heavy atom. The maximum Gasteiger partial charge on any atom is 0.271 e. The zero-order chi connectivity index (χ0) is 19.2. The fourth-order valence-electron chi connectivity index (χ4n) is 2.50. The number of nitrogens with zero attached hydrogens (tertiary/aromatic N) is 1. The smallest absolute Gasteiger partial charge is 0.271 e. The molecule has 1 N–H and O–H groups in total. The minimum Gasteiger partial charge on any atom is -0.494 e. The van der Waals surface area contributed by atoms with Gasteiger partial charge in [0.05, 0.1) is 23.8 Å². The standard InChI is InChI=1S/C21H20N2O4/c1-3-10-26-17-7-5-15(6-8-17)21(25)23-22-12-16-13-27-19-9-4-14(2)11-18(19)20(16)24/h4-9,11-13H,3,10H2,1-2H3,(H,23,25)/b22-12-. The molecule has 3 rings (SSSR count). The molecule has 138 valence electrons. The molecule has 0 aliphatic carbocycles. The van der Waals surface area contributed by atoms with Gasteiger partial charge in [-0.15, -0.1) is 0 Å². The number of amides is 1. The molecule has 0 saturated heterocycles. The van der Waals surface area contributed by atoms with Crippen LogP contribution in [0.25, 0.3) is 11.0 Å². The number of nitrogens with one attached hydrogen (secondary N) is 1. The normalized spacial score (nSPS) is 11.0. The molecule has 27 heavy (non-hydrogen) atoms. The Kier molecular flexibility index (Phi) is 5.66. The second kappa shape index (κ2) is 8.31. The van der Waals surface area contributed by atoms with Crippen LogP contribution in [0.2, 0.25) is 0 Å². The first-order chi connectivity index (χ1) is 13.1. The largest absolute Gasteiger partial charge is 0.494 e. The Morgan fingerprint density at radius 3 is 2.74 bits per heavy atom. The van der Waals surface area contributed by atoms with Gasteiger partial charge in [-0.1, -0.05) is 18.6 Å². The predicted molar refractivity (Wildman–Crippen MR) is 105 cm³/mol. The van der Waals surface area contributed by atoms with Gasteiger partial charge in [0.2, 0.25) is 5.43 Å². The van der Waals surface area contributed by atoms with E-state index in [1.54, 1.807) is 36.4 Å². The molecule has 0 bridgehead atoms. The number of aryl methyl sites for hydroxylation is 1. The van der Waals surface area contributed by atoms with E-state index in [0.717, 1.165) is 12.0 Å². The summed E-state index contributed by atoms with van der Waals surface area (Å²) in [4.78, 5) is 24.6. The molecule has 0 aliphatic rings. The van der Waals surface area contributed by atoms with Crippen molar-refractivity contribution in [2.24, 2.45) is 5.10 Å². The molecule has 0 fully saturated rings. The van der Waals surface area contributed by atoms with Crippen LogP contribution in [0.4, 0.5) is 0 Å². The third kappa shape index (κ3) is 4.41. The summed E-state index contributed by atoms with van der Waals surface area (Å²) in [6, 6.07) is 12.2. The van der Waals surface area contributed by atoms with E-state index in [2.05, 4.69) is 10.5 Å². The lowest BCUT2D eigenvalue weighted by Gasteiger charge is -2.05. The molecule has 0 radical (unpaired) electrons. The number of fused-ring (bicyclic) bond motifs is 1. The summed E-state index contributed by atoms with van der Waals surface area (Å²) in [6.45, 7) is 4.55. The van der Waals surface area contributed by atoms with Crippen LogP contribution in [0.5, 0.6) is 5.75 Å². The number of carbonyl (C=O) groups is 1. The summed E-state index contributed by atoms with van der Waals surface area (Å²) in [5, 5.41) is 4.34. The first-order valence-corrected chi connectivity index (χ1v) is 8.67. The second-order valence-electron chi connectivity index (χ2n) is 6.09. The minimum absolute atomic E-state index is 0.199. The Labute approximate surface area is 156 Å². The van der Waals surface area contributed by atoms with Gasteiger partial charge in [0.25, 0.3) is 5.91 Å². The molecular formula is C21H20N2O4. The number of ether oxygens (including phenoxy) is 1. The molecule has 6 heteroatoms. The second-order valence-corrected chi connectivity index (χ2v) is 6.09. The number of hydrogen-bond acceptors (Lipinski definition) is 5. The highest BCUT2D eigenvalue weighted by molar-refractivity contribution is 5.95. The van der Waals surface area contributed by atoms with Gasteiger partial charge < -0.3 is 9.15 Å². The van der Waals surface area contributed by atoms with E-state index in [1.807, 2.05) is 19.9 Å². The summed E-state index contributed by atoms with van der Waals surface area (Å²) in [6.07, 6.45) is 3.53. The van der Waals surface area contributed by atoms with Crippen molar-refractivity contribution in [3.05, 3.63) is 75.6 Å². The highest BCUT2D eigenvalue weighted by atomic mass is 16.5.